The second-order valence-electron chi connectivity index (χ2n) is 6.02. The van der Waals surface area contributed by atoms with Gasteiger partial charge in [0.05, 0.1) is 32.1 Å². The molecule has 25 heavy (non-hydrogen) atoms. The van der Waals surface area contributed by atoms with Gasteiger partial charge in [-0.15, -0.1) is 0 Å². The number of methoxy groups -OCH3 is 1. The average molecular weight is 361 g/mol. The Hall–Kier alpha value is -2.28. The summed E-state index contributed by atoms with van der Waals surface area (Å²) in [5, 5.41) is 0.896. The van der Waals surface area contributed by atoms with E-state index >= 15 is 0 Å². The maximum absolute atomic E-state index is 13.3. The highest BCUT2D eigenvalue weighted by molar-refractivity contribution is 8.13. The largest absolute Gasteiger partial charge is 0.484 e. The quantitative estimate of drug-likeness (QED) is 0.613. The number of thioether (sulfide) groups is 1. The van der Waals surface area contributed by atoms with E-state index in [0.29, 0.717) is 24.7 Å². The second kappa shape index (κ2) is 7.31. The third-order valence-electron chi connectivity index (χ3n) is 3.82. The predicted octanol–water partition coefficient (Wildman–Crippen LogP) is 3.73. The molecule has 5 nitrogen and oxygen atoms in total. The van der Waals surface area contributed by atoms with Gasteiger partial charge in [0.2, 0.25) is 5.88 Å². The number of pyridine rings is 1. The van der Waals surface area contributed by atoms with Crippen LogP contribution in [0, 0.1) is 5.82 Å². The molecule has 7 heteroatoms. The molecule has 0 atom stereocenters. The van der Waals surface area contributed by atoms with Crippen LogP contribution in [0.25, 0.3) is 0 Å². The van der Waals surface area contributed by atoms with Crippen molar-refractivity contribution < 1.29 is 13.9 Å². The van der Waals surface area contributed by atoms with Gasteiger partial charge in [0.15, 0.2) is 5.17 Å². The Balaban J connectivity index is 1.65. The first-order valence-electron chi connectivity index (χ1n) is 7.83. The van der Waals surface area contributed by atoms with E-state index in [2.05, 4.69) is 14.9 Å². The van der Waals surface area contributed by atoms with Crippen molar-refractivity contribution in [1.82, 2.24) is 9.88 Å². The molecule has 0 unspecified atom stereocenters. The van der Waals surface area contributed by atoms with Crippen LogP contribution in [-0.2, 0) is 0 Å². The van der Waals surface area contributed by atoms with Gasteiger partial charge < -0.3 is 14.4 Å². The maximum Gasteiger partial charge on any atom is 0.213 e. The highest BCUT2D eigenvalue weighted by Gasteiger charge is 2.42. The molecular formula is C18H20FN3O2S. The number of rotatable bonds is 4. The summed E-state index contributed by atoms with van der Waals surface area (Å²) in [6, 6.07) is 9.87. The van der Waals surface area contributed by atoms with Gasteiger partial charge in [-0.2, -0.15) is 0 Å². The molecule has 0 radical (unpaired) electrons. The first-order chi connectivity index (χ1) is 12.0. The van der Waals surface area contributed by atoms with E-state index in [9.17, 15) is 4.39 Å². The Morgan fingerprint density at radius 2 is 2.12 bits per heavy atom. The first-order valence-corrected chi connectivity index (χ1v) is 9.06. The van der Waals surface area contributed by atoms with Gasteiger partial charge >= 0.3 is 0 Å². The second-order valence-corrected chi connectivity index (χ2v) is 6.80. The summed E-state index contributed by atoms with van der Waals surface area (Å²) in [7, 11) is 1.58. The zero-order chi connectivity index (χ0) is 17.9. The lowest BCUT2D eigenvalue weighted by Gasteiger charge is -2.48. The molecule has 3 rings (SSSR count). The third kappa shape index (κ3) is 4.22. The van der Waals surface area contributed by atoms with Crippen molar-refractivity contribution in [2.45, 2.75) is 12.5 Å². The first kappa shape index (κ1) is 17.5. The Bertz CT molecular complexity index is 761. The highest BCUT2D eigenvalue weighted by atomic mass is 32.2. The number of aromatic nitrogens is 1. The molecule has 0 aliphatic carbocycles. The summed E-state index contributed by atoms with van der Waals surface area (Å²) < 4.78 is 24.3. The van der Waals surface area contributed by atoms with Crippen LogP contribution in [0.2, 0.25) is 0 Å². The molecule has 1 aliphatic heterocycles. The number of benzene rings is 1. The average Bonchev–Trinajstić information content (AvgIpc) is 2.58. The van der Waals surface area contributed by atoms with Crippen molar-refractivity contribution in [2.75, 3.05) is 26.5 Å². The smallest absolute Gasteiger partial charge is 0.213 e. The topological polar surface area (TPSA) is 47.0 Å². The van der Waals surface area contributed by atoms with Gasteiger partial charge in [0.25, 0.3) is 0 Å². The van der Waals surface area contributed by atoms with Gasteiger partial charge in [0, 0.05) is 12.1 Å². The van der Waals surface area contributed by atoms with E-state index in [4.69, 9.17) is 9.47 Å². The van der Waals surface area contributed by atoms with Crippen LogP contribution in [0.15, 0.2) is 47.6 Å². The van der Waals surface area contributed by atoms with Gasteiger partial charge in [-0.05, 0) is 31.4 Å². The molecule has 0 N–H and O–H groups in total. The lowest BCUT2D eigenvalue weighted by molar-refractivity contribution is -0.0255. The normalized spacial score (nSPS) is 16.3. The SMILES string of the molecule is COc1ccc(N=C(SC)N2CC(C)(Oc3cccc(F)c3)C2)cn1. The number of hydrogen-bond donors (Lipinski definition) is 0. The molecule has 0 saturated carbocycles. The van der Waals surface area contributed by atoms with Crippen LogP contribution in [0.1, 0.15) is 6.92 Å². The molecule has 1 aliphatic rings. The number of likely N-dealkylation sites (tertiary alicyclic amines) is 1. The fourth-order valence-corrected chi connectivity index (χ4v) is 3.28. The molecule has 0 amide bonds. The summed E-state index contributed by atoms with van der Waals surface area (Å²) in [6.45, 7) is 3.39. The van der Waals surface area contributed by atoms with Crippen molar-refractivity contribution in [2.24, 2.45) is 4.99 Å². The molecular weight excluding hydrogens is 341 g/mol. The van der Waals surface area contributed by atoms with E-state index in [1.54, 1.807) is 43.3 Å². The molecule has 1 aromatic heterocycles. The van der Waals surface area contributed by atoms with Crippen molar-refractivity contribution >= 4 is 22.6 Å². The van der Waals surface area contributed by atoms with Crippen LogP contribution >= 0.6 is 11.8 Å². The molecule has 2 aromatic rings. The van der Waals surface area contributed by atoms with Gasteiger partial charge in [0.1, 0.15) is 17.2 Å². The van der Waals surface area contributed by atoms with Crippen molar-refractivity contribution in [3.05, 3.63) is 48.4 Å². The molecule has 1 fully saturated rings. The minimum Gasteiger partial charge on any atom is -0.484 e. The highest BCUT2D eigenvalue weighted by Crippen LogP contribution is 2.30. The van der Waals surface area contributed by atoms with Crippen molar-refractivity contribution in [1.29, 1.82) is 0 Å². The van der Waals surface area contributed by atoms with Crippen molar-refractivity contribution in [3.8, 4) is 11.6 Å². The van der Waals surface area contributed by atoms with Gasteiger partial charge in [-0.3, -0.25) is 0 Å². The van der Waals surface area contributed by atoms with Crippen LogP contribution in [0.4, 0.5) is 10.1 Å². The van der Waals surface area contributed by atoms with E-state index in [1.165, 1.54) is 12.1 Å². The fraction of sp³-hybridized carbons (Fsp3) is 0.333. The maximum atomic E-state index is 13.3. The van der Waals surface area contributed by atoms with Gasteiger partial charge in [-0.25, -0.2) is 14.4 Å². The van der Waals surface area contributed by atoms with Crippen molar-refractivity contribution in [3.63, 3.8) is 0 Å². The Morgan fingerprint density at radius 3 is 2.72 bits per heavy atom. The number of nitrogens with zero attached hydrogens (tertiary/aromatic N) is 3. The third-order valence-corrected chi connectivity index (χ3v) is 4.53. The van der Waals surface area contributed by atoms with Crippen LogP contribution in [-0.4, -0.2) is 47.1 Å². The molecule has 0 spiro atoms. The number of hydrogen-bond acceptors (Lipinski definition) is 5. The van der Waals surface area contributed by atoms with Crippen LogP contribution in [0.5, 0.6) is 11.6 Å². The van der Waals surface area contributed by atoms with E-state index in [0.717, 1.165) is 10.9 Å². The Morgan fingerprint density at radius 1 is 1.32 bits per heavy atom. The zero-order valence-corrected chi connectivity index (χ0v) is 15.2. The van der Waals surface area contributed by atoms with Crippen LogP contribution in [0.3, 0.4) is 0 Å². The number of halogens is 1. The molecule has 1 saturated heterocycles. The van der Waals surface area contributed by atoms with Gasteiger partial charge in [-0.1, -0.05) is 17.8 Å². The summed E-state index contributed by atoms with van der Waals surface area (Å²) in [4.78, 5) is 10.9. The zero-order valence-electron chi connectivity index (χ0n) is 14.4. The molecule has 0 bridgehead atoms. The monoisotopic (exact) mass is 361 g/mol. The van der Waals surface area contributed by atoms with E-state index < -0.39 is 0 Å². The standard InChI is InChI=1S/C18H20FN3O2S/c1-18(24-15-6-4-5-13(19)9-15)11-22(12-18)17(25-3)21-14-7-8-16(23-2)20-10-14/h4-10H,11-12H2,1-3H3. The number of ether oxygens (including phenoxy) is 2. The molecule has 2 heterocycles. The minimum absolute atomic E-state index is 0.296. The number of amidine groups is 1. The van der Waals surface area contributed by atoms with E-state index in [1.807, 2.05) is 19.2 Å². The predicted molar refractivity (Wildman–Crippen MR) is 98.4 cm³/mol. The lowest BCUT2D eigenvalue weighted by Crippen LogP contribution is -2.64. The molecule has 132 valence electrons. The van der Waals surface area contributed by atoms with Crippen LogP contribution < -0.4 is 9.47 Å². The fourth-order valence-electron chi connectivity index (χ4n) is 2.69. The minimum atomic E-state index is -0.359. The van der Waals surface area contributed by atoms with E-state index in [-0.39, 0.29) is 11.4 Å². The summed E-state index contributed by atoms with van der Waals surface area (Å²) in [5.74, 6) is 0.810. The number of aliphatic imine (C=N–C) groups is 1. The molecule has 1 aromatic carbocycles. The Labute approximate surface area is 150 Å². The summed E-state index contributed by atoms with van der Waals surface area (Å²) in [5.41, 5.74) is 0.410. The lowest BCUT2D eigenvalue weighted by atomic mass is 9.97. The summed E-state index contributed by atoms with van der Waals surface area (Å²) in [6.07, 6.45) is 3.66. The summed E-state index contributed by atoms with van der Waals surface area (Å²) >= 11 is 1.57. The Kier molecular flexibility index (Phi) is 5.13.